The number of hydrogen-bond donors (Lipinski definition) is 1. The lowest BCUT2D eigenvalue weighted by molar-refractivity contribution is -0.119. The van der Waals surface area contributed by atoms with Gasteiger partial charge in [-0.3, -0.25) is 4.79 Å². The molecule has 120 valence electrons. The highest BCUT2D eigenvalue weighted by molar-refractivity contribution is 7.91. The van der Waals surface area contributed by atoms with Crippen LogP contribution in [0.1, 0.15) is 6.42 Å². The molecule has 0 aliphatic carbocycles. The summed E-state index contributed by atoms with van der Waals surface area (Å²) in [5.41, 5.74) is 0. The van der Waals surface area contributed by atoms with E-state index in [4.69, 9.17) is 4.74 Å². The first-order chi connectivity index (χ1) is 11.0. The van der Waals surface area contributed by atoms with E-state index in [-0.39, 0.29) is 17.4 Å². The van der Waals surface area contributed by atoms with Gasteiger partial charge in [-0.15, -0.1) is 0 Å². The first-order valence-corrected chi connectivity index (χ1v) is 9.05. The molecule has 1 amide bonds. The lowest BCUT2D eigenvalue weighted by atomic mass is 10.1. The Morgan fingerprint density at radius 1 is 1.13 bits per heavy atom. The fraction of sp³-hybridized carbons (Fsp3) is 0.250. The van der Waals surface area contributed by atoms with E-state index in [1.54, 1.807) is 30.3 Å². The number of carbonyl (C=O) groups is 1. The first kappa shape index (κ1) is 15.5. The molecule has 1 fully saturated rings. The van der Waals surface area contributed by atoms with Crippen LogP contribution in [-0.2, 0) is 14.6 Å². The van der Waals surface area contributed by atoms with Gasteiger partial charge in [0.2, 0.25) is 11.8 Å². The Hall–Kier alpha value is -2.41. The van der Waals surface area contributed by atoms with Gasteiger partial charge in [-0.1, -0.05) is 24.3 Å². The minimum absolute atomic E-state index is 0.0652. The third kappa shape index (κ3) is 4.07. The summed E-state index contributed by atoms with van der Waals surface area (Å²) in [5.74, 6) is 0.469. The number of sulfone groups is 1. The molecular weight excluding hydrogens is 316 g/mol. The number of ether oxygens (including phenoxy) is 1. The SMILES string of the molecule is O=C(Nc1cccc(Oc2ccccc2)n1)C1CCS(=O)(=O)C1. The van der Waals surface area contributed by atoms with Crippen LogP contribution in [0.2, 0.25) is 0 Å². The Morgan fingerprint density at radius 3 is 2.61 bits per heavy atom. The quantitative estimate of drug-likeness (QED) is 0.928. The van der Waals surface area contributed by atoms with Crippen LogP contribution in [-0.4, -0.2) is 30.8 Å². The molecule has 1 aliphatic rings. The van der Waals surface area contributed by atoms with Crippen molar-refractivity contribution in [1.82, 2.24) is 4.98 Å². The summed E-state index contributed by atoms with van der Waals surface area (Å²) in [6, 6.07) is 14.2. The maximum absolute atomic E-state index is 12.1. The van der Waals surface area contributed by atoms with Gasteiger partial charge < -0.3 is 10.1 Å². The Bertz CT molecular complexity index is 806. The summed E-state index contributed by atoms with van der Waals surface area (Å²) in [7, 11) is -3.09. The minimum Gasteiger partial charge on any atom is -0.439 e. The van der Waals surface area contributed by atoms with E-state index < -0.39 is 15.8 Å². The van der Waals surface area contributed by atoms with Crippen molar-refractivity contribution in [3.05, 3.63) is 48.5 Å². The molecule has 2 aromatic rings. The molecule has 1 saturated heterocycles. The van der Waals surface area contributed by atoms with Crippen LogP contribution < -0.4 is 10.1 Å². The highest BCUT2D eigenvalue weighted by atomic mass is 32.2. The van der Waals surface area contributed by atoms with Crippen molar-refractivity contribution in [1.29, 1.82) is 0 Å². The number of benzene rings is 1. The molecule has 1 unspecified atom stereocenters. The summed E-state index contributed by atoms with van der Waals surface area (Å²) < 4.78 is 28.5. The van der Waals surface area contributed by atoms with Crippen LogP contribution >= 0.6 is 0 Å². The number of hydrogen-bond acceptors (Lipinski definition) is 5. The monoisotopic (exact) mass is 332 g/mol. The second-order valence-corrected chi connectivity index (χ2v) is 7.59. The zero-order valence-electron chi connectivity index (χ0n) is 12.3. The van der Waals surface area contributed by atoms with Crippen molar-refractivity contribution in [2.75, 3.05) is 16.8 Å². The molecule has 1 aromatic heterocycles. The van der Waals surface area contributed by atoms with Gasteiger partial charge >= 0.3 is 0 Å². The molecule has 0 radical (unpaired) electrons. The van der Waals surface area contributed by atoms with Gasteiger partial charge in [0.25, 0.3) is 0 Å². The van der Waals surface area contributed by atoms with Crippen molar-refractivity contribution < 1.29 is 17.9 Å². The average Bonchev–Trinajstić information content (AvgIpc) is 2.89. The molecule has 3 rings (SSSR count). The molecule has 1 aromatic carbocycles. The molecule has 0 saturated carbocycles. The largest absolute Gasteiger partial charge is 0.439 e. The van der Waals surface area contributed by atoms with E-state index >= 15 is 0 Å². The molecule has 1 atom stereocenters. The number of nitrogens with zero attached hydrogens (tertiary/aromatic N) is 1. The van der Waals surface area contributed by atoms with E-state index in [9.17, 15) is 13.2 Å². The van der Waals surface area contributed by atoms with Crippen molar-refractivity contribution >= 4 is 21.6 Å². The zero-order chi connectivity index (χ0) is 16.3. The van der Waals surface area contributed by atoms with Gasteiger partial charge in [0.05, 0.1) is 17.4 Å². The molecule has 7 heteroatoms. The predicted molar refractivity (Wildman–Crippen MR) is 86.1 cm³/mol. The summed E-state index contributed by atoms with van der Waals surface area (Å²) in [4.78, 5) is 16.3. The summed E-state index contributed by atoms with van der Waals surface area (Å²) in [6.07, 6.45) is 0.356. The van der Waals surface area contributed by atoms with Crippen molar-refractivity contribution in [2.24, 2.45) is 5.92 Å². The standard InChI is InChI=1S/C16H16N2O4S/c19-16(12-9-10-23(20,21)11-12)18-14-7-4-8-15(17-14)22-13-5-2-1-3-6-13/h1-8,12H,9-11H2,(H,17,18,19). The van der Waals surface area contributed by atoms with Crippen LogP contribution in [0.3, 0.4) is 0 Å². The van der Waals surface area contributed by atoms with E-state index in [1.807, 2.05) is 18.2 Å². The fourth-order valence-corrected chi connectivity index (χ4v) is 4.12. The second-order valence-electron chi connectivity index (χ2n) is 5.37. The molecule has 6 nitrogen and oxygen atoms in total. The number of anilines is 1. The Kier molecular flexibility index (Phi) is 4.29. The highest BCUT2D eigenvalue weighted by Crippen LogP contribution is 2.22. The lowest BCUT2D eigenvalue weighted by Crippen LogP contribution is -2.24. The van der Waals surface area contributed by atoms with Crippen LogP contribution in [0.25, 0.3) is 0 Å². The van der Waals surface area contributed by atoms with Crippen molar-refractivity contribution in [3.63, 3.8) is 0 Å². The first-order valence-electron chi connectivity index (χ1n) is 7.23. The molecule has 23 heavy (non-hydrogen) atoms. The number of nitrogens with one attached hydrogen (secondary N) is 1. The third-order valence-corrected chi connectivity index (χ3v) is 5.31. The summed E-state index contributed by atoms with van der Waals surface area (Å²) in [6.45, 7) is 0. The van der Waals surface area contributed by atoms with E-state index in [0.717, 1.165) is 0 Å². The number of pyridine rings is 1. The zero-order valence-corrected chi connectivity index (χ0v) is 13.1. The molecule has 2 heterocycles. The molecule has 0 spiro atoms. The van der Waals surface area contributed by atoms with Gasteiger partial charge in [0.15, 0.2) is 9.84 Å². The summed E-state index contributed by atoms with van der Waals surface area (Å²) in [5, 5.41) is 2.65. The Balaban J connectivity index is 1.67. The van der Waals surface area contributed by atoms with Crippen LogP contribution in [0.15, 0.2) is 48.5 Å². The van der Waals surface area contributed by atoms with Gasteiger partial charge in [0, 0.05) is 6.07 Å². The molecule has 1 aliphatic heterocycles. The molecule has 0 bridgehead atoms. The topological polar surface area (TPSA) is 85.4 Å². The number of carbonyl (C=O) groups excluding carboxylic acids is 1. The predicted octanol–water partition coefficient (Wildman–Crippen LogP) is 2.25. The van der Waals surface area contributed by atoms with Gasteiger partial charge in [-0.2, -0.15) is 4.98 Å². The van der Waals surface area contributed by atoms with Gasteiger partial charge in [-0.25, -0.2) is 8.42 Å². The number of para-hydroxylation sites is 1. The molecular formula is C16H16N2O4S. The maximum Gasteiger partial charge on any atom is 0.229 e. The minimum atomic E-state index is -3.09. The Labute approximate surface area is 134 Å². The number of rotatable bonds is 4. The fourth-order valence-electron chi connectivity index (χ4n) is 2.38. The smallest absolute Gasteiger partial charge is 0.229 e. The average molecular weight is 332 g/mol. The number of aromatic nitrogens is 1. The van der Waals surface area contributed by atoms with Gasteiger partial charge in [-0.05, 0) is 24.6 Å². The van der Waals surface area contributed by atoms with Crippen LogP contribution in [0, 0.1) is 5.92 Å². The normalized spacial score (nSPS) is 19.2. The van der Waals surface area contributed by atoms with Crippen LogP contribution in [0.5, 0.6) is 11.6 Å². The highest BCUT2D eigenvalue weighted by Gasteiger charge is 2.33. The van der Waals surface area contributed by atoms with E-state index in [0.29, 0.717) is 23.9 Å². The summed E-state index contributed by atoms with van der Waals surface area (Å²) >= 11 is 0. The Morgan fingerprint density at radius 2 is 1.91 bits per heavy atom. The van der Waals surface area contributed by atoms with Crippen molar-refractivity contribution in [3.8, 4) is 11.6 Å². The van der Waals surface area contributed by atoms with Gasteiger partial charge in [0.1, 0.15) is 11.6 Å². The maximum atomic E-state index is 12.1. The van der Waals surface area contributed by atoms with E-state index in [1.165, 1.54) is 0 Å². The lowest BCUT2D eigenvalue weighted by Gasteiger charge is -2.10. The third-order valence-electron chi connectivity index (χ3n) is 3.54. The van der Waals surface area contributed by atoms with Crippen LogP contribution in [0.4, 0.5) is 5.82 Å². The second kappa shape index (κ2) is 6.37. The van der Waals surface area contributed by atoms with Crippen molar-refractivity contribution in [2.45, 2.75) is 6.42 Å². The molecule has 1 N–H and O–H groups in total. The number of amides is 1. The van der Waals surface area contributed by atoms with E-state index in [2.05, 4.69) is 10.3 Å².